The van der Waals surface area contributed by atoms with Gasteiger partial charge in [-0.2, -0.15) is 0 Å². The van der Waals surface area contributed by atoms with Crippen molar-refractivity contribution in [3.63, 3.8) is 0 Å². The van der Waals surface area contributed by atoms with Crippen molar-refractivity contribution in [2.75, 3.05) is 32.5 Å². The third-order valence-electron chi connectivity index (χ3n) is 7.25. The number of nitrogens with zero attached hydrogens (tertiary/aromatic N) is 2. The van der Waals surface area contributed by atoms with Crippen molar-refractivity contribution in [3.05, 3.63) is 66.1 Å². The first-order valence-electron chi connectivity index (χ1n) is 12.8. The minimum Gasteiger partial charge on any atom is -0.497 e. The largest absolute Gasteiger partial charge is 0.497 e. The summed E-state index contributed by atoms with van der Waals surface area (Å²) in [5.41, 5.74) is 2.27. The number of hydrogen-bond donors (Lipinski definition) is 1. The van der Waals surface area contributed by atoms with Crippen LogP contribution >= 0.6 is 11.8 Å². The van der Waals surface area contributed by atoms with Gasteiger partial charge in [-0.1, -0.05) is 0 Å². The molecule has 2 atom stereocenters. The molecule has 3 aromatic rings. The number of piperidine rings is 1. The number of aliphatic carboxylic acids is 1. The van der Waals surface area contributed by atoms with Crippen LogP contribution in [0.1, 0.15) is 37.7 Å². The molecule has 1 aromatic heterocycles. The highest BCUT2D eigenvalue weighted by Gasteiger charge is 2.29. The van der Waals surface area contributed by atoms with E-state index in [2.05, 4.69) is 22.0 Å². The molecule has 0 spiro atoms. The maximum atomic E-state index is 13.1. The van der Waals surface area contributed by atoms with Gasteiger partial charge in [-0.05, 0) is 105 Å². The number of fused-ring (bicyclic) bond motifs is 1. The second kappa shape index (κ2) is 13.1. The summed E-state index contributed by atoms with van der Waals surface area (Å²) in [5, 5.41) is 10.4. The zero-order valence-corrected chi connectivity index (χ0v) is 21.7. The molecular formula is C29H35FN2O3S. The van der Waals surface area contributed by atoms with Crippen molar-refractivity contribution in [2.45, 2.75) is 43.4 Å². The van der Waals surface area contributed by atoms with Crippen LogP contribution in [-0.4, -0.2) is 53.5 Å². The Bertz CT molecular complexity index is 1140. The zero-order valence-electron chi connectivity index (χ0n) is 20.9. The van der Waals surface area contributed by atoms with E-state index in [0.29, 0.717) is 11.8 Å². The van der Waals surface area contributed by atoms with Gasteiger partial charge in [0, 0.05) is 41.7 Å². The van der Waals surface area contributed by atoms with E-state index in [1.165, 1.54) is 17.7 Å². The number of thioether (sulfide) groups is 1. The number of halogens is 1. The lowest BCUT2D eigenvalue weighted by atomic mass is 9.79. The molecule has 0 aliphatic carbocycles. The zero-order chi connectivity index (χ0) is 25.3. The van der Waals surface area contributed by atoms with Crippen LogP contribution in [0.3, 0.4) is 0 Å². The predicted octanol–water partition coefficient (Wildman–Crippen LogP) is 6.30. The Balaban J connectivity index is 1.31. The van der Waals surface area contributed by atoms with Gasteiger partial charge in [0.15, 0.2) is 0 Å². The van der Waals surface area contributed by atoms with Crippen LogP contribution in [0.2, 0.25) is 0 Å². The number of aryl methyl sites for hydroxylation is 1. The number of benzene rings is 2. The molecule has 192 valence electrons. The van der Waals surface area contributed by atoms with Crippen molar-refractivity contribution in [1.29, 1.82) is 0 Å². The van der Waals surface area contributed by atoms with Gasteiger partial charge in [0.2, 0.25) is 0 Å². The quantitative estimate of drug-likeness (QED) is 0.289. The lowest BCUT2D eigenvalue weighted by molar-refractivity contribution is -0.137. The number of aromatic nitrogens is 1. The third-order valence-corrected chi connectivity index (χ3v) is 8.25. The number of carbonyl (C=O) groups is 1. The molecule has 0 amide bonds. The fraction of sp³-hybridized carbons (Fsp3) is 0.448. The molecule has 4 rings (SSSR count). The first kappa shape index (κ1) is 26.4. The summed E-state index contributed by atoms with van der Waals surface area (Å²) in [7, 11) is 1.68. The highest BCUT2D eigenvalue weighted by atomic mass is 32.2. The lowest BCUT2D eigenvalue weighted by Crippen LogP contribution is -2.41. The number of pyridine rings is 1. The van der Waals surface area contributed by atoms with E-state index in [0.717, 1.165) is 79.0 Å². The molecule has 36 heavy (non-hydrogen) atoms. The minimum absolute atomic E-state index is 0.209. The summed E-state index contributed by atoms with van der Waals surface area (Å²) in [6.07, 6.45) is 7.11. The van der Waals surface area contributed by atoms with Crippen LogP contribution in [0, 0.1) is 17.7 Å². The lowest BCUT2D eigenvalue weighted by Gasteiger charge is -2.39. The Labute approximate surface area is 217 Å². The molecule has 5 nitrogen and oxygen atoms in total. The summed E-state index contributed by atoms with van der Waals surface area (Å²) in [4.78, 5) is 19.3. The SMILES string of the molecule is COc1ccc2nccc(CCC[C@@H]3CCN(CCSc4ccc(F)cc4)C[C@@H]3CCC(=O)O)c2c1. The molecule has 0 unspecified atom stereocenters. The third kappa shape index (κ3) is 7.43. The molecule has 1 saturated heterocycles. The van der Waals surface area contributed by atoms with Gasteiger partial charge in [-0.25, -0.2) is 4.39 Å². The fourth-order valence-electron chi connectivity index (χ4n) is 5.28. The summed E-state index contributed by atoms with van der Waals surface area (Å²) >= 11 is 1.74. The molecule has 1 aliphatic rings. The Morgan fingerprint density at radius 1 is 1.17 bits per heavy atom. The Hall–Kier alpha value is -2.64. The van der Waals surface area contributed by atoms with Gasteiger partial charge >= 0.3 is 5.97 Å². The maximum absolute atomic E-state index is 13.1. The molecule has 2 aromatic carbocycles. The maximum Gasteiger partial charge on any atom is 0.303 e. The number of likely N-dealkylation sites (tertiary alicyclic amines) is 1. The topological polar surface area (TPSA) is 62.7 Å². The van der Waals surface area contributed by atoms with Gasteiger partial charge in [-0.15, -0.1) is 11.8 Å². The molecule has 1 fully saturated rings. The van der Waals surface area contributed by atoms with E-state index in [-0.39, 0.29) is 12.2 Å². The average Bonchev–Trinajstić information content (AvgIpc) is 2.89. The van der Waals surface area contributed by atoms with Gasteiger partial charge in [0.1, 0.15) is 11.6 Å². The first-order valence-corrected chi connectivity index (χ1v) is 13.7. The Morgan fingerprint density at radius 2 is 2.00 bits per heavy atom. The second-order valence-electron chi connectivity index (χ2n) is 9.59. The molecule has 1 aliphatic heterocycles. The second-order valence-corrected chi connectivity index (χ2v) is 10.8. The molecule has 2 heterocycles. The summed E-state index contributed by atoms with van der Waals surface area (Å²) in [6, 6.07) is 14.8. The van der Waals surface area contributed by atoms with E-state index in [1.54, 1.807) is 18.9 Å². The van der Waals surface area contributed by atoms with Gasteiger partial charge in [0.05, 0.1) is 12.6 Å². The van der Waals surface area contributed by atoms with Crippen molar-refractivity contribution >= 4 is 28.6 Å². The van der Waals surface area contributed by atoms with Gasteiger partial charge < -0.3 is 14.7 Å². The van der Waals surface area contributed by atoms with Gasteiger partial charge in [-0.3, -0.25) is 9.78 Å². The summed E-state index contributed by atoms with van der Waals surface area (Å²) in [6.45, 7) is 2.97. The smallest absolute Gasteiger partial charge is 0.303 e. The Morgan fingerprint density at radius 3 is 2.78 bits per heavy atom. The van der Waals surface area contributed by atoms with Crippen LogP contribution in [0.4, 0.5) is 4.39 Å². The van der Waals surface area contributed by atoms with E-state index < -0.39 is 5.97 Å². The predicted molar refractivity (Wildman–Crippen MR) is 143 cm³/mol. The molecule has 0 saturated carbocycles. The van der Waals surface area contributed by atoms with E-state index >= 15 is 0 Å². The highest BCUT2D eigenvalue weighted by molar-refractivity contribution is 7.99. The molecular weight excluding hydrogens is 475 g/mol. The summed E-state index contributed by atoms with van der Waals surface area (Å²) < 4.78 is 18.5. The normalized spacial score (nSPS) is 18.4. The van der Waals surface area contributed by atoms with Crippen molar-refractivity contribution in [1.82, 2.24) is 9.88 Å². The molecule has 0 bridgehead atoms. The van der Waals surface area contributed by atoms with Gasteiger partial charge in [0.25, 0.3) is 0 Å². The molecule has 1 N–H and O–H groups in total. The number of rotatable bonds is 12. The summed E-state index contributed by atoms with van der Waals surface area (Å²) in [5.74, 6) is 1.82. The number of hydrogen-bond acceptors (Lipinski definition) is 5. The van der Waals surface area contributed by atoms with Crippen LogP contribution in [-0.2, 0) is 11.2 Å². The fourth-order valence-corrected chi connectivity index (χ4v) is 6.19. The number of carboxylic acid groups (broad SMARTS) is 1. The molecule has 0 radical (unpaired) electrons. The Kier molecular flexibility index (Phi) is 9.59. The monoisotopic (exact) mass is 510 g/mol. The van der Waals surface area contributed by atoms with Crippen LogP contribution in [0.25, 0.3) is 10.9 Å². The number of carboxylic acids is 1. The van der Waals surface area contributed by atoms with Crippen molar-refractivity contribution < 1.29 is 19.0 Å². The van der Waals surface area contributed by atoms with Crippen LogP contribution in [0.15, 0.2) is 59.6 Å². The minimum atomic E-state index is -0.713. The standard InChI is InChI=1S/C29H35FN2O3S/c1-35-25-8-11-28-27(19-25)22(13-15-31-28)4-2-3-21-14-16-32(20-23(21)5-12-29(33)34)17-18-36-26-9-6-24(30)7-10-26/h6-11,13,15,19,21,23H,2-5,12,14,16-18,20H2,1H3,(H,33,34)/t21-,23+/m1/s1. The average molecular weight is 511 g/mol. The first-order chi connectivity index (χ1) is 17.5. The van der Waals surface area contributed by atoms with E-state index in [1.807, 2.05) is 30.5 Å². The highest BCUT2D eigenvalue weighted by Crippen LogP contribution is 2.32. The van der Waals surface area contributed by atoms with E-state index in [9.17, 15) is 14.3 Å². The molecule has 7 heteroatoms. The van der Waals surface area contributed by atoms with Crippen LogP contribution < -0.4 is 4.74 Å². The number of ether oxygens (including phenoxy) is 1. The number of methoxy groups -OCH3 is 1. The van der Waals surface area contributed by atoms with Crippen molar-refractivity contribution in [3.8, 4) is 5.75 Å². The van der Waals surface area contributed by atoms with Crippen LogP contribution in [0.5, 0.6) is 5.75 Å². The van der Waals surface area contributed by atoms with Crippen molar-refractivity contribution in [2.24, 2.45) is 11.8 Å². The van der Waals surface area contributed by atoms with E-state index in [4.69, 9.17) is 4.74 Å².